The number of fused-ring (bicyclic) bond motifs is 1. The van der Waals surface area contributed by atoms with Gasteiger partial charge in [0.2, 0.25) is 0 Å². The summed E-state index contributed by atoms with van der Waals surface area (Å²) in [4.78, 5) is 3.45. The van der Waals surface area contributed by atoms with Crippen LogP contribution >= 0.6 is 0 Å². The van der Waals surface area contributed by atoms with Gasteiger partial charge >= 0.3 is 0 Å². The normalized spacial score (nSPS) is 25.3. The van der Waals surface area contributed by atoms with Gasteiger partial charge in [-0.1, -0.05) is 18.2 Å². The SMILES string of the molecule is Cc1[nH]c2ccccc2c1C1NCCOC1C. The molecule has 2 unspecified atom stereocenters. The molecule has 2 N–H and O–H groups in total. The van der Waals surface area contributed by atoms with Crippen LogP contribution in [-0.2, 0) is 4.74 Å². The summed E-state index contributed by atoms with van der Waals surface area (Å²) in [5.41, 5.74) is 3.80. The van der Waals surface area contributed by atoms with E-state index in [4.69, 9.17) is 4.74 Å². The number of aromatic amines is 1. The number of para-hydroxylation sites is 1. The van der Waals surface area contributed by atoms with Gasteiger partial charge in [-0.2, -0.15) is 0 Å². The van der Waals surface area contributed by atoms with E-state index in [0.29, 0.717) is 6.04 Å². The summed E-state index contributed by atoms with van der Waals surface area (Å²) < 4.78 is 5.74. The molecule has 1 aromatic carbocycles. The second kappa shape index (κ2) is 4.17. The summed E-state index contributed by atoms with van der Waals surface area (Å²) in [6.07, 6.45) is 0.224. The third-order valence-electron chi connectivity index (χ3n) is 3.57. The maximum atomic E-state index is 5.74. The average molecular weight is 230 g/mol. The first-order valence-electron chi connectivity index (χ1n) is 6.19. The summed E-state index contributed by atoms with van der Waals surface area (Å²) in [7, 11) is 0. The third kappa shape index (κ3) is 1.75. The zero-order valence-electron chi connectivity index (χ0n) is 10.3. The molecule has 1 aliphatic heterocycles. The summed E-state index contributed by atoms with van der Waals surface area (Å²) in [5, 5.41) is 4.86. The maximum absolute atomic E-state index is 5.74. The quantitative estimate of drug-likeness (QED) is 0.790. The third-order valence-corrected chi connectivity index (χ3v) is 3.57. The molecule has 0 bridgehead atoms. The summed E-state index contributed by atoms with van der Waals surface area (Å²) in [5.74, 6) is 0. The minimum Gasteiger partial charge on any atom is -0.375 e. The lowest BCUT2D eigenvalue weighted by atomic mass is 9.98. The lowest BCUT2D eigenvalue weighted by molar-refractivity contribution is 0.00778. The molecule has 90 valence electrons. The number of rotatable bonds is 1. The van der Waals surface area contributed by atoms with E-state index < -0.39 is 0 Å². The molecule has 3 heteroatoms. The van der Waals surface area contributed by atoms with E-state index in [9.17, 15) is 0 Å². The molecular formula is C14H18N2O. The van der Waals surface area contributed by atoms with Crippen LogP contribution in [0.1, 0.15) is 24.2 Å². The number of hydrogen-bond donors (Lipinski definition) is 2. The molecule has 17 heavy (non-hydrogen) atoms. The molecule has 2 aromatic rings. The first-order valence-corrected chi connectivity index (χ1v) is 6.19. The minimum atomic E-state index is 0.224. The van der Waals surface area contributed by atoms with Crippen LogP contribution in [0, 0.1) is 6.92 Å². The molecule has 1 aromatic heterocycles. The van der Waals surface area contributed by atoms with Crippen molar-refractivity contribution >= 4 is 10.9 Å². The standard InChI is InChI=1S/C14H18N2O/c1-9-13(14-10(2)17-8-7-15-14)11-5-3-4-6-12(11)16-9/h3-6,10,14-16H,7-8H2,1-2H3. The van der Waals surface area contributed by atoms with Crippen molar-refractivity contribution in [1.82, 2.24) is 10.3 Å². The van der Waals surface area contributed by atoms with E-state index in [2.05, 4.69) is 48.4 Å². The maximum Gasteiger partial charge on any atom is 0.0743 e. The molecule has 1 saturated heterocycles. The smallest absolute Gasteiger partial charge is 0.0743 e. The highest BCUT2D eigenvalue weighted by Crippen LogP contribution is 2.31. The van der Waals surface area contributed by atoms with Crippen LogP contribution in [0.3, 0.4) is 0 Å². The van der Waals surface area contributed by atoms with Gasteiger partial charge in [0.15, 0.2) is 0 Å². The number of H-pyrrole nitrogens is 1. The van der Waals surface area contributed by atoms with Crippen LogP contribution < -0.4 is 5.32 Å². The average Bonchev–Trinajstić information content (AvgIpc) is 2.66. The van der Waals surface area contributed by atoms with Crippen molar-refractivity contribution in [2.75, 3.05) is 13.2 Å². The second-order valence-corrected chi connectivity index (χ2v) is 4.72. The minimum absolute atomic E-state index is 0.224. The Bertz CT molecular complexity index is 532. The van der Waals surface area contributed by atoms with Crippen LogP contribution in [0.4, 0.5) is 0 Å². The Morgan fingerprint density at radius 2 is 2.12 bits per heavy atom. The molecule has 2 atom stereocenters. The van der Waals surface area contributed by atoms with Crippen LogP contribution in [0.15, 0.2) is 24.3 Å². The van der Waals surface area contributed by atoms with Gasteiger partial charge in [0.05, 0.1) is 18.8 Å². The van der Waals surface area contributed by atoms with Gasteiger partial charge in [-0.15, -0.1) is 0 Å². The number of aryl methyl sites for hydroxylation is 1. The van der Waals surface area contributed by atoms with Crippen molar-refractivity contribution in [3.63, 3.8) is 0 Å². The molecule has 0 spiro atoms. The zero-order valence-corrected chi connectivity index (χ0v) is 10.3. The number of hydrogen-bond acceptors (Lipinski definition) is 2. The first-order chi connectivity index (χ1) is 8.27. The van der Waals surface area contributed by atoms with Crippen molar-refractivity contribution in [3.8, 4) is 0 Å². The molecular weight excluding hydrogens is 212 g/mol. The van der Waals surface area contributed by atoms with Gasteiger partial charge in [0, 0.05) is 23.1 Å². The molecule has 3 nitrogen and oxygen atoms in total. The van der Waals surface area contributed by atoms with E-state index >= 15 is 0 Å². The van der Waals surface area contributed by atoms with E-state index in [-0.39, 0.29) is 6.10 Å². The van der Waals surface area contributed by atoms with Gasteiger partial charge in [-0.3, -0.25) is 0 Å². The highest BCUT2D eigenvalue weighted by molar-refractivity contribution is 5.85. The molecule has 0 radical (unpaired) electrons. The number of nitrogens with one attached hydrogen (secondary N) is 2. The predicted octanol–water partition coefficient (Wildman–Crippen LogP) is 2.53. The fourth-order valence-corrected chi connectivity index (χ4v) is 2.76. The Kier molecular flexibility index (Phi) is 2.65. The Hall–Kier alpha value is -1.32. The van der Waals surface area contributed by atoms with E-state index in [1.165, 1.54) is 22.2 Å². The van der Waals surface area contributed by atoms with Gasteiger partial charge in [0.1, 0.15) is 0 Å². The number of ether oxygens (including phenoxy) is 1. The molecule has 3 rings (SSSR count). The van der Waals surface area contributed by atoms with Crippen molar-refractivity contribution in [3.05, 3.63) is 35.5 Å². The summed E-state index contributed by atoms with van der Waals surface area (Å²) in [6.45, 7) is 6.00. The fourth-order valence-electron chi connectivity index (χ4n) is 2.76. The highest BCUT2D eigenvalue weighted by Gasteiger charge is 2.26. The number of aromatic nitrogens is 1. The Labute approximate surface area is 101 Å². The molecule has 0 amide bonds. The highest BCUT2D eigenvalue weighted by atomic mass is 16.5. The molecule has 1 fully saturated rings. The van der Waals surface area contributed by atoms with Crippen LogP contribution in [0.25, 0.3) is 10.9 Å². The second-order valence-electron chi connectivity index (χ2n) is 4.72. The van der Waals surface area contributed by atoms with Crippen LogP contribution in [0.2, 0.25) is 0 Å². The van der Waals surface area contributed by atoms with E-state index in [0.717, 1.165) is 13.2 Å². The zero-order chi connectivity index (χ0) is 11.8. The Morgan fingerprint density at radius 3 is 2.94 bits per heavy atom. The van der Waals surface area contributed by atoms with E-state index in [1.54, 1.807) is 0 Å². The molecule has 1 aliphatic rings. The van der Waals surface area contributed by atoms with Gasteiger partial charge < -0.3 is 15.0 Å². The van der Waals surface area contributed by atoms with Crippen molar-refractivity contribution in [2.24, 2.45) is 0 Å². The molecule has 0 saturated carbocycles. The van der Waals surface area contributed by atoms with Gasteiger partial charge in [-0.05, 0) is 25.5 Å². The first kappa shape index (κ1) is 10.8. The predicted molar refractivity (Wildman–Crippen MR) is 69.2 cm³/mol. The van der Waals surface area contributed by atoms with Gasteiger partial charge in [-0.25, -0.2) is 0 Å². The lowest BCUT2D eigenvalue weighted by Crippen LogP contribution is -2.40. The topological polar surface area (TPSA) is 37.0 Å². The van der Waals surface area contributed by atoms with Crippen LogP contribution in [0.5, 0.6) is 0 Å². The molecule has 2 heterocycles. The lowest BCUT2D eigenvalue weighted by Gasteiger charge is -2.31. The van der Waals surface area contributed by atoms with Crippen LogP contribution in [-0.4, -0.2) is 24.2 Å². The van der Waals surface area contributed by atoms with E-state index in [1.807, 2.05) is 0 Å². The largest absolute Gasteiger partial charge is 0.375 e. The Balaban J connectivity index is 2.12. The monoisotopic (exact) mass is 230 g/mol. The molecule has 0 aliphatic carbocycles. The fraction of sp³-hybridized carbons (Fsp3) is 0.429. The van der Waals surface area contributed by atoms with Crippen molar-refractivity contribution < 1.29 is 4.74 Å². The summed E-state index contributed by atoms with van der Waals surface area (Å²) >= 11 is 0. The van der Waals surface area contributed by atoms with Crippen molar-refractivity contribution in [1.29, 1.82) is 0 Å². The number of morpholine rings is 1. The summed E-state index contributed by atoms with van der Waals surface area (Å²) in [6, 6.07) is 8.75. The Morgan fingerprint density at radius 1 is 1.29 bits per heavy atom. The van der Waals surface area contributed by atoms with Crippen molar-refractivity contribution in [2.45, 2.75) is 26.0 Å². The number of benzene rings is 1. The van der Waals surface area contributed by atoms with Gasteiger partial charge in [0.25, 0.3) is 0 Å².